The summed E-state index contributed by atoms with van der Waals surface area (Å²) in [4.78, 5) is 13.3. The van der Waals surface area contributed by atoms with E-state index in [2.05, 4.69) is 10.6 Å². The number of ether oxygens (including phenoxy) is 1. The molecule has 0 bridgehead atoms. The van der Waals surface area contributed by atoms with E-state index >= 15 is 0 Å². The van der Waals surface area contributed by atoms with Crippen LogP contribution in [0.4, 0.5) is 9.18 Å². The van der Waals surface area contributed by atoms with Gasteiger partial charge in [0.1, 0.15) is 5.82 Å². The fraction of sp³-hybridized carbons (Fsp3) is 0.562. The predicted octanol–water partition coefficient (Wildman–Crippen LogP) is 1.10. The van der Waals surface area contributed by atoms with Crippen LogP contribution in [0, 0.1) is 5.82 Å². The first-order chi connectivity index (χ1) is 10.7. The zero-order valence-corrected chi connectivity index (χ0v) is 12.6. The van der Waals surface area contributed by atoms with Gasteiger partial charge in [0.25, 0.3) is 0 Å². The Kier molecular flexibility index (Phi) is 4.59. The van der Waals surface area contributed by atoms with Crippen LogP contribution in [0.5, 0.6) is 0 Å². The molecular weight excluding hydrogens is 285 g/mol. The third-order valence-electron chi connectivity index (χ3n) is 4.51. The second-order valence-electron chi connectivity index (χ2n) is 5.99. The van der Waals surface area contributed by atoms with Gasteiger partial charge in [-0.25, -0.2) is 9.18 Å². The monoisotopic (exact) mass is 307 g/mol. The Bertz CT molecular complexity index is 532. The topological polar surface area (TPSA) is 53.6 Å². The van der Waals surface area contributed by atoms with Gasteiger partial charge >= 0.3 is 6.03 Å². The van der Waals surface area contributed by atoms with Gasteiger partial charge in [-0.15, -0.1) is 0 Å². The molecule has 0 radical (unpaired) electrons. The number of rotatable bonds is 6. The first kappa shape index (κ1) is 15.2. The van der Waals surface area contributed by atoms with Crippen LogP contribution in [-0.4, -0.2) is 56.9 Å². The molecule has 120 valence electrons. The van der Waals surface area contributed by atoms with Crippen molar-refractivity contribution >= 4 is 6.03 Å². The second-order valence-corrected chi connectivity index (χ2v) is 5.99. The lowest BCUT2D eigenvalue weighted by molar-refractivity contribution is 0.175. The van der Waals surface area contributed by atoms with Crippen molar-refractivity contribution in [3.63, 3.8) is 0 Å². The fourth-order valence-electron chi connectivity index (χ4n) is 3.16. The van der Waals surface area contributed by atoms with Crippen molar-refractivity contribution in [2.45, 2.75) is 11.8 Å². The highest BCUT2D eigenvalue weighted by Gasteiger charge is 2.36. The maximum atomic E-state index is 13.5. The summed E-state index contributed by atoms with van der Waals surface area (Å²) in [6, 6.07) is 6.79. The number of hydrogen-bond acceptors (Lipinski definition) is 3. The number of hydrogen-bond donors (Lipinski definition) is 2. The minimum atomic E-state index is -0.211. The molecule has 3 rings (SSSR count). The average Bonchev–Trinajstić information content (AvgIpc) is 3.14. The Morgan fingerprint density at radius 2 is 2.36 bits per heavy atom. The van der Waals surface area contributed by atoms with Crippen molar-refractivity contribution in [2.24, 2.45) is 0 Å². The Labute approximate surface area is 129 Å². The van der Waals surface area contributed by atoms with E-state index in [-0.39, 0.29) is 17.3 Å². The minimum absolute atomic E-state index is 0.00541. The van der Waals surface area contributed by atoms with Gasteiger partial charge in [-0.2, -0.15) is 0 Å². The molecule has 0 aromatic heterocycles. The smallest absolute Gasteiger partial charge is 0.317 e. The molecule has 1 aromatic carbocycles. The Morgan fingerprint density at radius 3 is 3.05 bits per heavy atom. The number of benzene rings is 1. The molecule has 2 saturated heterocycles. The van der Waals surface area contributed by atoms with Crippen LogP contribution >= 0.6 is 0 Å². The first-order valence-electron chi connectivity index (χ1n) is 7.77. The molecular formula is C16H22FN3O2. The fourth-order valence-corrected chi connectivity index (χ4v) is 3.16. The molecule has 2 N–H and O–H groups in total. The quantitative estimate of drug-likeness (QED) is 0.774. The van der Waals surface area contributed by atoms with E-state index in [4.69, 9.17) is 4.74 Å². The van der Waals surface area contributed by atoms with Gasteiger partial charge in [0.05, 0.1) is 6.61 Å². The van der Waals surface area contributed by atoms with Crippen molar-refractivity contribution in [3.05, 3.63) is 35.6 Å². The summed E-state index contributed by atoms with van der Waals surface area (Å²) in [5, 5.41) is 6.20. The number of halogens is 1. The van der Waals surface area contributed by atoms with Crippen LogP contribution in [-0.2, 0) is 10.2 Å². The molecule has 5 nitrogen and oxygen atoms in total. The van der Waals surface area contributed by atoms with E-state index in [1.54, 1.807) is 17.0 Å². The van der Waals surface area contributed by atoms with Gasteiger partial charge in [0, 0.05) is 44.7 Å². The lowest BCUT2D eigenvalue weighted by Gasteiger charge is -2.29. The summed E-state index contributed by atoms with van der Waals surface area (Å²) in [7, 11) is 0. The van der Waals surface area contributed by atoms with Crippen molar-refractivity contribution in [3.8, 4) is 0 Å². The van der Waals surface area contributed by atoms with Crippen LogP contribution in [0.25, 0.3) is 0 Å². The minimum Gasteiger partial charge on any atom is -0.380 e. The SMILES string of the molecule is O=C1NCCN1CCNCC1(c2cccc(F)c2)CCOC1. The van der Waals surface area contributed by atoms with Crippen LogP contribution in [0.2, 0.25) is 0 Å². The third kappa shape index (κ3) is 3.23. The molecule has 6 heteroatoms. The van der Waals surface area contributed by atoms with E-state index in [1.807, 2.05) is 6.07 Å². The van der Waals surface area contributed by atoms with Crippen molar-refractivity contribution < 1.29 is 13.9 Å². The highest BCUT2D eigenvalue weighted by Crippen LogP contribution is 2.32. The maximum Gasteiger partial charge on any atom is 0.317 e. The van der Waals surface area contributed by atoms with Gasteiger partial charge < -0.3 is 20.3 Å². The van der Waals surface area contributed by atoms with Crippen molar-refractivity contribution in [1.29, 1.82) is 0 Å². The van der Waals surface area contributed by atoms with E-state index in [0.717, 1.165) is 38.2 Å². The lowest BCUT2D eigenvalue weighted by atomic mass is 9.79. The van der Waals surface area contributed by atoms with Crippen molar-refractivity contribution in [2.75, 3.05) is 45.9 Å². The number of nitrogens with one attached hydrogen (secondary N) is 2. The molecule has 2 amide bonds. The molecule has 2 fully saturated rings. The highest BCUT2D eigenvalue weighted by atomic mass is 19.1. The summed E-state index contributed by atoms with van der Waals surface area (Å²) in [6.07, 6.45) is 0.883. The number of carbonyl (C=O) groups is 1. The van der Waals surface area contributed by atoms with Gasteiger partial charge in [0.15, 0.2) is 0 Å². The van der Waals surface area contributed by atoms with E-state index in [1.165, 1.54) is 6.07 Å². The molecule has 2 aliphatic heterocycles. The number of urea groups is 1. The molecule has 22 heavy (non-hydrogen) atoms. The summed E-state index contributed by atoms with van der Waals surface area (Å²) < 4.78 is 19.1. The third-order valence-corrected chi connectivity index (χ3v) is 4.51. The van der Waals surface area contributed by atoms with Crippen LogP contribution in [0.1, 0.15) is 12.0 Å². The Morgan fingerprint density at radius 1 is 1.45 bits per heavy atom. The van der Waals surface area contributed by atoms with Crippen molar-refractivity contribution in [1.82, 2.24) is 15.5 Å². The molecule has 2 aliphatic rings. The van der Waals surface area contributed by atoms with E-state index < -0.39 is 0 Å². The number of carbonyl (C=O) groups excluding carboxylic acids is 1. The first-order valence-corrected chi connectivity index (χ1v) is 7.77. The van der Waals surface area contributed by atoms with Gasteiger partial charge in [-0.05, 0) is 24.1 Å². The van der Waals surface area contributed by atoms with Crippen LogP contribution in [0.3, 0.4) is 0 Å². The average molecular weight is 307 g/mol. The molecule has 1 unspecified atom stereocenters. The Balaban J connectivity index is 1.57. The Hall–Kier alpha value is -1.66. The van der Waals surface area contributed by atoms with Gasteiger partial charge in [-0.3, -0.25) is 0 Å². The number of amides is 2. The molecule has 0 spiro atoms. The molecule has 2 heterocycles. The molecule has 0 saturated carbocycles. The van der Waals surface area contributed by atoms with Gasteiger partial charge in [0.2, 0.25) is 0 Å². The van der Waals surface area contributed by atoms with Gasteiger partial charge in [-0.1, -0.05) is 12.1 Å². The molecule has 1 aromatic rings. The predicted molar refractivity (Wildman–Crippen MR) is 81.4 cm³/mol. The second kappa shape index (κ2) is 6.62. The van der Waals surface area contributed by atoms with E-state index in [0.29, 0.717) is 19.8 Å². The normalized spacial score (nSPS) is 24.8. The highest BCUT2D eigenvalue weighted by molar-refractivity contribution is 5.76. The zero-order valence-electron chi connectivity index (χ0n) is 12.6. The molecule has 0 aliphatic carbocycles. The largest absolute Gasteiger partial charge is 0.380 e. The molecule has 1 atom stereocenters. The number of nitrogens with zero attached hydrogens (tertiary/aromatic N) is 1. The zero-order chi connectivity index (χ0) is 15.4. The van der Waals surface area contributed by atoms with E-state index in [9.17, 15) is 9.18 Å². The summed E-state index contributed by atoms with van der Waals surface area (Å²) in [5.74, 6) is -0.211. The summed E-state index contributed by atoms with van der Waals surface area (Å²) in [6.45, 7) is 4.93. The lowest BCUT2D eigenvalue weighted by Crippen LogP contribution is -2.42. The maximum absolute atomic E-state index is 13.5. The van der Waals surface area contributed by atoms with Crippen LogP contribution < -0.4 is 10.6 Å². The standard InChI is InChI=1S/C16H22FN3O2/c17-14-3-1-2-13(10-14)16(4-9-22-12-16)11-18-5-7-20-8-6-19-15(20)21/h1-3,10,18H,4-9,11-12H2,(H,19,21). The summed E-state index contributed by atoms with van der Waals surface area (Å²) in [5.41, 5.74) is 0.812. The summed E-state index contributed by atoms with van der Waals surface area (Å²) >= 11 is 0. The van der Waals surface area contributed by atoms with Crippen LogP contribution in [0.15, 0.2) is 24.3 Å².